The van der Waals surface area contributed by atoms with Crippen LogP contribution >= 0.6 is 11.8 Å². The second-order valence-electron chi connectivity index (χ2n) is 6.33. The molecule has 0 saturated carbocycles. The second-order valence-corrected chi connectivity index (χ2v) is 7.42. The van der Waals surface area contributed by atoms with Crippen LogP contribution in [0.5, 0.6) is 11.5 Å². The van der Waals surface area contributed by atoms with Gasteiger partial charge in [0.2, 0.25) is 0 Å². The first-order valence-electron chi connectivity index (χ1n) is 9.18. The molecule has 0 fully saturated rings. The van der Waals surface area contributed by atoms with E-state index in [1.165, 1.54) is 23.9 Å². The van der Waals surface area contributed by atoms with Crippen LogP contribution in [0.3, 0.4) is 0 Å². The molecule has 1 atom stereocenters. The number of carbonyl (C=O) groups is 1. The van der Waals surface area contributed by atoms with E-state index in [1.807, 2.05) is 26.0 Å². The molecule has 1 N–H and O–H groups in total. The van der Waals surface area contributed by atoms with E-state index in [9.17, 15) is 18.0 Å². The van der Waals surface area contributed by atoms with Crippen LogP contribution < -0.4 is 9.47 Å². The lowest BCUT2D eigenvalue weighted by molar-refractivity contribution is -0.139. The third kappa shape index (κ3) is 7.79. The van der Waals surface area contributed by atoms with Gasteiger partial charge in [0.05, 0.1) is 5.56 Å². The van der Waals surface area contributed by atoms with Crippen molar-refractivity contribution in [1.29, 1.82) is 0 Å². The lowest BCUT2D eigenvalue weighted by Crippen LogP contribution is -2.24. The third-order valence-corrected chi connectivity index (χ3v) is 5.08. The molecule has 0 bridgehead atoms. The SMILES string of the molecule is CCO[C@@H](COc1ccc(C(F)(F)F)cc1)CSc1ccc(OCC(=O)O)c(C)c1. The molecule has 0 amide bonds. The van der Waals surface area contributed by atoms with Crippen LogP contribution in [0.1, 0.15) is 18.1 Å². The summed E-state index contributed by atoms with van der Waals surface area (Å²) in [6, 6.07) is 9.98. The van der Waals surface area contributed by atoms with Gasteiger partial charge in [0.25, 0.3) is 0 Å². The Morgan fingerprint density at radius 1 is 1.13 bits per heavy atom. The van der Waals surface area contributed by atoms with Crippen molar-refractivity contribution in [3.05, 3.63) is 53.6 Å². The van der Waals surface area contributed by atoms with E-state index in [0.717, 1.165) is 22.6 Å². The van der Waals surface area contributed by atoms with Gasteiger partial charge in [-0.25, -0.2) is 4.79 Å². The molecule has 2 aromatic carbocycles. The molecule has 0 spiro atoms. The van der Waals surface area contributed by atoms with Crippen molar-refractivity contribution >= 4 is 17.7 Å². The van der Waals surface area contributed by atoms with Gasteiger partial charge in [-0.05, 0) is 61.9 Å². The van der Waals surface area contributed by atoms with Crippen molar-refractivity contribution in [2.45, 2.75) is 31.0 Å². The Kier molecular flexibility index (Phi) is 8.86. The number of carboxylic acid groups (broad SMARTS) is 1. The van der Waals surface area contributed by atoms with E-state index < -0.39 is 24.3 Å². The fourth-order valence-corrected chi connectivity index (χ4v) is 3.51. The zero-order chi connectivity index (χ0) is 22.1. The maximum atomic E-state index is 12.6. The summed E-state index contributed by atoms with van der Waals surface area (Å²) >= 11 is 1.53. The summed E-state index contributed by atoms with van der Waals surface area (Å²) in [4.78, 5) is 11.6. The highest BCUT2D eigenvalue weighted by molar-refractivity contribution is 7.99. The molecule has 5 nitrogen and oxygen atoms in total. The summed E-state index contributed by atoms with van der Waals surface area (Å²) in [6.45, 7) is 3.96. The van der Waals surface area contributed by atoms with E-state index in [1.54, 1.807) is 6.07 Å². The Morgan fingerprint density at radius 2 is 1.83 bits per heavy atom. The van der Waals surface area contributed by atoms with Crippen LogP contribution in [0.15, 0.2) is 47.4 Å². The molecule has 0 saturated heterocycles. The summed E-state index contributed by atoms with van der Waals surface area (Å²) < 4.78 is 54.4. The first kappa shape index (κ1) is 23.9. The maximum absolute atomic E-state index is 12.6. The minimum absolute atomic E-state index is 0.199. The molecule has 0 heterocycles. The first-order valence-corrected chi connectivity index (χ1v) is 10.2. The topological polar surface area (TPSA) is 65.0 Å². The van der Waals surface area contributed by atoms with E-state index in [4.69, 9.17) is 19.3 Å². The highest BCUT2D eigenvalue weighted by Gasteiger charge is 2.30. The normalized spacial score (nSPS) is 12.4. The number of thioether (sulfide) groups is 1. The van der Waals surface area contributed by atoms with Gasteiger partial charge in [0.1, 0.15) is 24.2 Å². The van der Waals surface area contributed by atoms with E-state index in [0.29, 0.717) is 23.9 Å². The van der Waals surface area contributed by atoms with Gasteiger partial charge in [-0.15, -0.1) is 11.8 Å². The van der Waals surface area contributed by atoms with Crippen molar-refractivity contribution in [3.63, 3.8) is 0 Å². The van der Waals surface area contributed by atoms with Gasteiger partial charge in [0, 0.05) is 17.3 Å². The molecule has 30 heavy (non-hydrogen) atoms. The first-order chi connectivity index (χ1) is 14.2. The number of aliphatic carboxylic acids is 1. The molecule has 0 aromatic heterocycles. The van der Waals surface area contributed by atoms with Crippen molar-refractivity contribution in [3.8, 4) is 11.5 Å². The molecule has 0 unspecified atom stereocenters. The quantitative estimate of drug-likeness (QED) is 0.489. The number of aryl methyl sites for hydroxylation is 1. The molecular formula is C21H23F3O5S. The summed E-state index contributed by atoms with van der Waals surface area (Å²) in [5.74, 6) is 0.381. The molecule has 0 aliphatic heterocycles. The molecule has 0 radical (unpaired) electrons. The molecule has 9 heteroatoms. The monoisotopic (exact) mass is 444 g/mol. The fourth-order valence-electron chi connectivity index (χ4n) is 2.51. The molecule has 164 valence electrons. The highest BCUT2D eigenvalue weighted by atomic mass is 32.2. The predicted octanol–water partition coefficient (Wildman–Crippen LogP) is 5.05. The van der Waals surface area contributed by atoms with Crippen LogP contribution in [0.25, 0.3) is 0 Å². The van der Waals surface area contributed by atoms with Gasteiger partial charge in [-0.3, -0.25) is 0 Å². The van der Waals surface area contributed by atoms with Crippen LogP contribution in [-0.4, -0.2) is 42.8 Å². The van der Waals surface area contributed by atoms with Crippen LogP contribution in [0.4, 0.5) is 13.2 Å². The summed E-state index contributed by atoms with van der Waals surface area (Å²) in [6.07, 6.45) is -4.64. The van der Waals surface area contributed by atoms with Crippen molar-refractivity contribution < 1.29 is 37.3 Å². The Morgan fingerprint density at radius 3 is 2.40 bits per heavy atom. The molecule has 2 rings (SSSR count). The van der Waals surface area contributed by atoms with Crippen molar-refractivity contribution in [2.24, 2.45) is 0 Å². The predicted molar refractivity (Wildman–Crippen MR) is 107 cm³/mol. The molecular weight excluding hydrogens is 421 g/mol. The average molecular weight is 444 g/mol. The van der Waals surface area contributed by atoms with Crippen molar-refractivity contribution in [2.75, 3.05) is 25.6 Å². The summed E-state index contributed by atoms with van der Waals surface area (Å²) in [7, 11) is 0. The number of halogens is 3. The second kappa shape index (κ2) is 11.1. The molecule has 0 aliphatic rings. The lowest BCUT2D eigenvalue weighted by Gasteiger charge is -2.18. The maximum Gasteiger partial charge on any atom is 0.416 e. The van der Waals surface area contributed by atoms with Crippen LogP contribution in [0, 0.1) is 6.92 Å². The minimum Gasteiger partial charge on any atom is -0.491 e. The number of hydrogen-bond acceptors (Lipinski definition) is 5. The largest absolute Gasteiger partial charge is 0.491 e. The van der Waals surface area contributed by atoms with Gasteiger partial charge < -0.3 is 19.3 Å². The highest BCUT2D eigenvalue weighted by Crippen LogP contribution is 2.30. The number of hydrogen-bond donors (Lipinski definition) is 1. The van der Waals surface area contributed by atoms with E-state index >= 15 is 0 Å². The van der Waals surface area contributed by atoms with Crippen LogP contribution in [0.2, 0.25) is 0 Å². The zero-order valence-electron chi connectivity index (χ0n) is 16.6. The summed E-state index contributed by atoms with van der Waals surface area (Å²) in [5.41, 5.74) is 0.0909. The number of alkyl halides is 3. The van der Waals surface area contributed by atoms with Gasteiger partial charge in [-0.1, -0.05) is 0 Å². The molecule has 0 aliphatic carbocycles. The van der Waals surface area contributed by atoms with Gasteiger partial charge in [0.15, 0.2) is 6.61 Å². The van der Waals surface area contributed by atoms with Crippen LogP contribution in [-0.2, 0) is 15.7 Å². The fraction of sp³-hybridized carbons (Fsp3) is 0.381. The number of rotatable bonds is 11. The van der Waals surface area contributed by atoms with Crippen molar-refractivity contribution in [1.82, 2.24) is 0 Å². The molecule has 2 aromatic rings. The Labute approximate surface area is 177 Å². The average Bonchev–Trinajstić information content (AvgIpc) is 2.69. The summed E-state index contributed by atoms with van der Waals surface area (Å²) in [5, 5.41) is 8.69. The van der Waals surface area contributed by atoms with E-state index in [-0.39, 0.29) is 12.7 Å². The minimum atomic E-state index is -4.38. The Hall–Kier alpha value is -2.39. The standard InChI is InChI=1S/C21H23F3O5S/c1-3-27-17(11-28-16-6-4-15(5-7-16)21(22,23)24)13-30-18-8-9-19(14(2)10-18)29-12-20(25)26/h4-10,17H,3,11-13H2,1-2H3,(H,25,26)/t17-/m0/s1. The van der Waals surface area contributed by atoms with E-state index in [2.05, 4.69) is 0 Å². The zero-order valence-corrected chi connectivity index (χ0v) is 17.4. The number of benzene rings is 2. The lowest BCUT2D eigenvalue weighted by atomic mass is 10.2. The number of carboxylic acids is 1. The Bertz CT molecular complexity index is 824. The number of ether oxygens (including phenoxy) is 3. The third-order valence-electron chi connectivity index (χ3n) is 3.95. The van der Waals surface area contributed by atoms with Gasteiger partial charge in [-0.2, -0.15) is 13.2 Å². The Balaban J connectivity index is 1.89. The van der Waals surface area contributed by atoms with Gasteiger partial charge >= 0.3 is 12.1 Å². The smallest absolute Gasteiger partial charge is 0.416 e.